The first-order chi connectivity index (χ1) is 10.6. The van der Waals surface area contributed by atoms with Gasteiger partial charge in [0.2, 0.25) is 0 Å². The molecule has 0 radical (unpaired) electrons. The zero-order valence-electron chi connectivity index (χ0n) is 11.5. The number of fused-ring (bicyclic) bond motifs is 1. The van der Waals surface area contributed by atoms with E-state index in [9.17, 15) is 8.78 Å². The van der Waals surface area contributed by atoms with Crippen molar-refractivity contribution in [3.8, 4) is 5.75 Å². The van der Waals surface area contributed by atoms with Gasteiger partial charge in [-0.2, -0.15) is 8.78 Å². The molecule has 0 aliphatic heterocycles. The highest BCUT2D eigenvalue weighted by Crippen LogP contribution is 2.23. The van der Waals surface area contributed by atoms with E-state index in [0.29, 0.717) is 11.5 Å². The highest BCUT2D eigenvalue weighted by atomic mass is 19.3. The van der Waals surface area contributed by atoms with Crippen LogP contribution in [0.25, 0.3) is 5.65 Å². The predicted molar refractivity (Wildman–Crippen MR) is 73.7 cm³/mol. The van der Waals surface area contributed by atoms with E-state index in [1.807, 2.05) is 13.0 Å². The average Bonchev–Trinajstić information content (AvgIpc) is 2.94. The van der Waals surface area contributed by atoms with Crippen molar-refractivity contribution >= 4 is 11.5 Å². The molecular formula is C13H12F2N6O. The van der Waals surface area contributed by atoms with Crippen LogP contribution in [0.15, 0.2) is 36.4 Å². The van der Waals surface area contributed by atoms with Gasteiger partial charge in [-0.25, -0.2) is 0 Å². The molecule has 0 spiro atoms. The molecule has 0 aliphatic rings. The normalized spacial score (nSPS) is 12.5. The third-order valence-electron chi connectivity index (χ3n) is 3.02. The van der Waals surface area contributed by atoms with E-state index in [1.54, 1.807) is 24.3 Å². The van der Waals surface area contributed by atoms with Crippen LogP contribution in [-0.2, 0) is 0 Å². The largest absolute Gasteiger partial charge is 0.435 e. The summed E-state index contributed by atoms with van der Waals surface area (Å²) in [5.74, 6) is 0.678. The van der Waals surface area contributed by atoms with E-state index >= 15 is 0 Å². The van der Waals surface area contributed by atoms with Gasteiger partial charge in [0.25, 0.3) is 0 Å². The zero-order valence-corrected chi connectivity index (χ0v) is 11.5. The number of rotatable bonds is 5. The molecular weight excluding hydrogens is 294 g/mol. The first kappa shape index (κ1) is 14.1. The van der Waals surface area contributed by atoms with Crippen LogP contribution in [0.2, 0.25) is 0 Å². The summed E-state index contributed by atoms with van der Waals surface area (Å²) in [5.41, 5.74) is 1.32. The van der Waals surface area contributed by atoms with Gasteiger partial charge in [0, 0.05) is 0 Å². The second-order valence-corrected chi connectivity index (χ2v) is 4.56. The van der Waals surface area contributed by atoms with Crippen LogP contribution in [0.5, 0.6) is 5.75 Å². The molecule has 0 unspecified atom stereocenters. The molecule has 1 atom stereocenters. The maximum absolute atomic E-state index is 12.2. The van der Waals surface area contributed by atoms with Crippen molar-refractivity contribution in [1.82, 2.24) is 25.3 Å². The molecule has 3 rings (SSSR count). The summed E-state index contributed by atoms with van der Waals surface area (Å²) in [6.45, 7) is -0.963. The summed E-state index contributed by atoms with van der Waals surface area (Å²) in [4.78, 5) is 0. The first-order valence-electron chi connectivity index (χ1n) is 6.48. The summed E-state index contributed by atoms with van der Waals surface area (Å²) in [6.07, 6.45) is 0. The highest BCUT2D eigenvalue weighted by Gasteiger charge is 2.10. The van der Waals surface area contributed by atoms with E-state index in [1.165, 1.54) is 10.7 Å². The number of hydrogen-bond donors (Lipinski definition) is 1. The minimum atomic E-state index is -2.84. The van der Waals surface area contributed by atoms with E-state index in [-0.39, 0.29) is 11.8 Å². The fraction of sp³-hybridized carbons (Fsp3) is 0.231. The third-order valence-corrected chi connectivity index (χ3v) is 3.02. The lowest BCUT2D eigenvalue weighted by atomic mass is 10.1. The third kappa shape index (κ3) is 3.08. The van der Waals surface area contributed by atoms with Gasteiger partial charge >= 0.3 is 6.61 Å². The van der Waals surface area contributed by atoms with Crippen molar-refractivity contribution in [3.05, 3.63) is 42.0 Å². The standard InChI is InChI=1S/C13H12F2N6O/c1-8(9-3-2-4-10(7-9)22-13(14)15)16-11-5-6-12-17-19-20-21(12)18-11/h2-8,13H,1H3,(H,16,18)/t8-/m1/s1. The van der Waals surface area contributed by atoms with Crippen LogP contribution < -0.4 is 10.1 Å². The molecule has 0 aliphatic carbocycles. The molecule has 2 heterocycles. The van der Waals surface area contributed by atoms with Gasteiger partial charge in [-0.05, 0) is 47.2 Å². The Morgan fingerprint density at radius 3 is 2.91 bits per heavy atom. The molecule has 1 N–H and O–H groups in total. The van der Waals surface area contributed by atoms with Crippen LogP contribution in [0.4, 0.5) is 14.6 Å². The van der Waals surface area contributed by atoms with Crippen LogP contribution in [0, 0.1) is 0 Å². The predicted octanol–water partition coefficient (Wildman–Crippen LogP) is 2.29. The maximum Gasteiger partial charge on any atom is 0.387 e. The van der Waals surface area contributed by atoms with Crippen molar-refractivity contribution in [2.24, 2.45) is 0 Å². The summed E-state index contributed by atoms with van der Waals surface area (Å²) < 4.78 is 30.2. The highest BCUT2D eigenvalue weighted by molar-refractivity contribution is 5.44. The van der Waals surface area contributed by atoms with Gasteiger partial charge in [-0.3, -0.25) is 0 Å². The van der Waals surface area contributed by atoms with Gasteiger partial charge in [0.1, 0.15) is 11.6 Å². The second kappa shape index (κ2) is 5.88. The monoisotopic (exact) mass is 306 g/mol. The Balaban J connectivity index is 1.77. The van der Waals surface area contributed by atoms with Crippen molar-refractivity contribution in [2.75, 3.05) is 5.32 Å². The molecule has 3 aromatic rings. The Hall–Kier alpha value is -2.84. The van der Waals surface area contributed by atoms with Gasteiger partial charge < -0.3 is 10.1 Å². The minimum Gasteiger partial charge on any atom is -0.435 e. The number of ether oxygens (including phenoxy) is 1. The zero-order chi connectivity index (χ0) is 15.5. The van der Waals surface area contributed by atoms with Gasteiger partial charge in [-0.1, -0.05) is 12.1 Å². The number of hydrogen-bond acceptors (Lipinski definition) is 6. The number of anilines is 1. The quantitative estimate of drug-likeness (QED) is 0.779. The summed E-state index contributed by atoms with van der Waals surface area (Å²) in [6, 6.07) is 9.80. The maximum atomic E-state index is 12.2. The summed E-state index contributed by atoms with van der Waals surface area (Å²) >= 11 is 0. The lowest BCUT2D eigenvalue weighted by molar-refractivity contribution is -0.0498. The number of nitrogens with zero attached hydrogens (tertiary/aromatic N) is 5. The van der Waals surface area contributed by atoms with Crippen molar-refractivity contribution < 1.29 is 13.5 Å². The Bertz CT molecular complexity index is 778. The molecule has 22 heavy (non-hydrogen) atoms. The van der Waals surface area contributed by atoms with E-state index in [2.05, 4.69) is 30.7 Å². The van der Waals surface area contributed by atoms with Crippen molar-refractivity contribution in [3.63, 3.8) is 0 Å². The molecule has 0 saturated heterocycles. The Morgan fingerprint density at radius 2 is 2.09 bits per heavy atom. The molecule has 0 saturated carbocycles. The van der Waals surface area contributed by atoms with Crippen LogP contribution in [0.1, 0.15) is 18.5 Å². The first-order valence-corrected chi connectivity index (χ1v) is 6.48. The van der Waals surface area contributed by atoms with Crippen molar-refractivity contribution in [2.45, 2.75) is 19.6 Å². The molecule has 1 aromatic carbocycles. The molecule has 114 valence electrons. The number of aromatic nitrogens is 5. The second-order valence-electron chi connectivity index (χ2n) is 4.56. The number of alkyl halides is 2. The molecule has 0 fully saturated rings. The van der Waals surface area contributed by atoms with Crippen LogP contribution in [0.3, 0.4) is 0 Å². The average molecular weight is 306 g/mol. The lowest BCUT2D eigenvalue weighted by Crippen LogP contribution is -2.10. The SMILES string of the molecule is C[C@@H](Nc1ccc2nnnn2n1)c1cccc(OC(F)F)c1. The van der Waals surface area contributed by atoms with E-state index < -0.39 is 6.61 Å². The fourth-order valence-corrected chi connectivity index (χ4v) is 1.99. The lowest BCUT2D eigenvalue weighted by Gasteiger charge is -2.15. The Kier molecular flexibility index (Phi) is 3.77. The van der Waals surface area contributed by atoms with E-state index in [0.717, 1.165) is 5.56 Å². The van der Waals surface area contributed by atoms with Gasteiger partial charge in [0.05, 0.1) is 6.04 Å². The van der Waals surface area contributed by atoms with E-state index in [4.69, 9.17) is 0 Å². The fourth-order valence-electron chi connectivity index (χ4n) is 1.99. The van der Waals surface area contributed by atoms with Crippen LogP contribution in [-0.4, -0.2) is 31.9 Å². The Morgan fingerprint density at radius 1 is 1.23 bits per heavy atom. The number of halogens is 2. The minimum absolute atomic E-state index is 0.116. The number of nitrogens with one attached hydrogen (secondary N) is 1. The summed E-state index contributed by atoms with van der Waals surface area (Å²) in [5, 5.41) is 18.3. The Labute approximate surface area is 123 Å². The van der Waals surface area contributed by atoms with Gasteiger partial charge in [0.15, 0.2) is 5.65 Å². The topological polar surface area (TPSA) is 77.2 Å². The molecule has 0 bridgehead atoms. The number of tetrazole rings is 1. The van der Waals surface area contributed by atoms with Gasteiger partial charge in [-0.15, -0.1) is 14.8 Å². The molecule has 7 nitrogen and oxygen atoms in total. The van der Waals surface area contributed by atoms with Crippen LogP contribution >= 0.6 is 0 Å². The van der Waals surface area contributed by atoms with Crippen molar-refractivity contribution in [1.29, 1.82) is 0 Å². The number of benzene rings is 1. The molecule has 9 heteroatoms. The molecule has 2 aromatic heterocycles. The molecule has 0 amide bonds. The summed E-state index contributed by atoms with van der Waals surface area (Å²) in [7, 11) is 0. The smallest absolute Gasteiger partial charge is 0.387 e.